The average Bonchev–Trinajstić information content (AvgIpc) is 2.57. The number of para-hydroxylation sites is 1. The van der Waals surface area contributed by atoms with Gasteiger partial charge in [0.25, 0.3) is 0 Å². The first-order valence-electron chi connectivity index (χ1n) is 8.10. The van der Waals surface area contributed by atoms with Crippen molar-refractivity contribution in [2.24, 2.45) is 4.99 Å². The number of nitrogen functional groups attached to an aromatic ring is 1. The highest BCUT2D eigenvalue weighted by Gasteiger charge is 2.27. The van der Waals surface area contributed by atoms with Crippen molar-refractivity contribution < 1.29 is 0 Å². The largest absolute Gasteiger partial charge is 0.399 e. The maximum atomic E-state index is 6.43. The maximum Gasteiger partial charge on any atom is 0.106 e. The molecule has 1 aliphatic heterocycles. The monoisotopic (exact) mass is 327 g/mol. The average molecular weight is 328 g/mol. The van der Waals surface area contributed by atoms with Gasteiger partial charge >= 0.3 is 0 Å². The van der Waals surface area contributed by atoms with E-state index in [1.54, 1.807) is 0 Å². The van der Waals surface area contributed by atoms with E-state index < -0.39 is 0 Å². The van der Waals surface area contributed by atoms with Crippen molar-refractivity contribution in [3.05, 3.63) is 58.6 Å². The van der Waals surface area contributed by atoms with E-state index in [4.69, 9.17) is 22.3 Å². The van der Waals surface area contributed by atoms with Crippen molar-refractivity contribution in [3.63, 3.8) is 0 Å². The third kappa shape index (κ3) is 3.06. The Balaban J connectivity index is 2.10. The minimum absolute atomic E-state index is 0.261. The lowest BCUT2D eigenvalue weighted by Gasteiger charge is -2.31. The number of anilines is 1. The van der Waals surface area contributed by atoms with Crippen LogP contribution in [0.2, 0.25) is 5.02 Å². The van der Waals surface area contributed by atoms with Gasteiger partial charge in [0.1, 0.15) is 5.84 Å². The van der Waals surface area contributed by atoms with Gasteiger partial charge in [-0.05, 0) is 43.2 Å². The number of rotatable bonds is 3. The third-order valence-corrected chi connectivity index (χ3v) is 4.79. The molecule has 0 bridgehead atoms. The van der Waals surface area contributed by atoms with Gasteiger partial charge in [0.2, 0.25) is 0 Å². The van der Waals surface area contributed by atoms with Crippen molar-refractivity contribution in [1.82, 2.24) is 4.90 Å². The third-order valence-electron chi connectivity index (χ3n) is 4.49. The van der Waals surface area contributed by atoms with Crippen LogP contribution < -0.4 is 5.73 Å². The van der Waals surface area contributed by atoms with Crippen LogP contribution in [0.1, 0.15) is 37.3 Å². The summed E-state index contributed by atoms with van der Waals surface area (Å²) < 4.78 is 0. The van der Waals surface area contributed by atoms with E-state index in [0.29, 0.717) is 5.02 Å². The lowest BCUT2D eigenvalue weighted by Crippen LogP contribution is -2.33. The standard InChI is InChI=1S/C19H22ClN3/c1-3-23(4-2)18-12-16(13-8-10-14(21)11-9-13)15-6-5-7-17(20)19(15)22-18/h5-11,16H,3-4,12,21H2,1-2H3. The Labute approximate surface area is 142 Å². The molecule has 2 N–H and O–H groups in total. The summed E-state index contributed by atoms with van der Waals surface area (Å²) in [4.78, 5) is 7.17. The molecule has 0 saturated heterocycles. The molecule has 1 unspecified atom stereocenters. The summed E-state index contributed by atoms with van der Waals surface area (Å²) in [6.45, 7) is 6.21. The number of hydrogen-bond acceptors (Lipinski definition) is 3. The lowest BCUT2D eigenvalue weighted by atomic mass is 9.85. The van der Waals surface area contributed by atoms with Gasteiger partial charge in [-0.2, -0.15) is 0 Å². The molecule has 2 aromatic carbocycles. The Morgan fingerprint density at radius 2 is 1.83 bits per heavy atom. The number of benzene rings is 2. The van der Waals surface area contributed by atoms with Gasteiger partial charge in [0, 0.05) is 31.1 Å². The molecule has 0 spiro atoms. The highest BCUT2D eigenvalue weighted by Crippen LogP contribution is 2.43. The second-order valence-corrected chi connectivity index (χ2v) is 6.21. The molecule has 1 atom stereocenters. The number of halogens is 1. The summed E-state index contributed by atoms with van der Waals surface area (Å²) in [7, 11) is 0. The summed E-state index contributed by atoms with van der Waals surface area (Å²) in [5.74, 6) is 1.37. The van der Waals surface area contributed by atoms with Gasteiger partial charge in [0.05, 0.1) is 10.7 Å². The fraction of sp³-hybridized carbons (Fsp3) is 0.316. The Hall–Kier alpha value is -2.00. The molecule has 0 amide bonds. The van der Waals surface area contributed by atoms with Gasteiger partial charge in [0.15, 0.2) is 0 Å². The molecule has 0 fully saturated rings. The number of nitrogens with zero attached hydrogens (tertiary/aromatic N) is 2. The molecule has 3 rings (SSSR count). The van der Waals surface area contributed by atoms with Crippen LogP contribution in [0.4, 0.5) is 11.4 Å². The zero-order chi connectivity index (χ0) is 16.4. The molecule has 2 aromatic rings. The molecule has 1 aliphatic rings. The number of aliphatic imine (C=N–C) groups is 1. The van der Waals surface area contributed by atoms with Crippen LogP contribution in [0, 0.1) is 0 Å². The molecule has 23 heavy (non-hydrogen) atoms. The number of hydrogen-bond donors (Lipinski definition) is 1. The lowest BCUT2D eigenvalue weighted by molar-refractivity contribution is 0.450. The van der Waals surface area contributed by atoms with Gasteiger partial charge in [-0.3, -0.25) is 0 Å². The van der Waals surface area contributed by atoms with Crippen LogP contribution in [0.5, 0.6) is 0 Å². The summed E-state index contributed by atoms with van der Waals surface area (Å²) >= 11 is 6.43. The van der Waals surface area contributed by atoms with Gasteiger partial charge in [-0.15, -0.1) is 0 Å². The molecule has 0 aromatic heterocycles. The normalized spacial score (nSPS) is 16.7. The van der Waals surface area contributed by atoms with E-state index in [9.17, 15) is 0 Å². The smallest absolute Gasteiger partial charge is 0.106 e. The van der Waals surface area contributed by atoms with Gasteiger partial charge in [-0.1, -0.05) is 35.9 Å². The molecule has 4 heteroatoms. The first-order chi connectivity index (χ1) is 11.1. The summed E-state index contributed by atoms with van der Waals surface area (Å²) in [5, 5.41) is 0.715. The predicted octanol–water partition coefficient (Wildman–Crippen LogP) is 4.83. The van der Waals surface area contributed by atoms with Gasteiger partial charge < -0.3 is 10.6 Å². The van der Waals surface area contributed by atoms with E-state index in [2.05, 4.69) is 36.9 Å². The number of nitrogens with two attached hydrogens (primary N) is 1. The second kappa shape index (κ2) is 6.63. The zero-order valence-corrected chi connectivity index (χ0v) is 14.3. The van der Waals surface area contributed by atoms with E-state index in [1.807, 2.05) is 24.3 Å². The maximum absolute atomic E-state index is 6.43. The summed E-state index contributed by atoms with van der Waals surface area (Å²) in [6, 6.07) is 14.2. The van der Waals surface area contributed by atoms with Crippen LogP contribution in [0.25, 0.3) is 0 Å². The fourth-order valence-corrected chi connectivity index (χ4v) is 3.44. The first kappa shape index (κ1) is 15.9. The van der Waals surface area contributed by atoms with Crippen molar-refractivity contribution >= 4 is 28.8 Å². The second-order valence-electron chi connectivity index (χ2n) is 5.80. The zero-order valence-electron chi connectivity index (χ0n) is 13.6. The molecule has 3 nitrogen and oxygen atoms in total. The van der Waals surface area contributed by atoms with E-state index in [-0.39, 0.29) is 5.92 Å². The molecular weight excluding hydrogens is 306 g/mol. The van der Waals surface area contributed by atoms with Crippen LogP contribution in [0.3, 0.4) is 0 Å². The van der Waals surface area contributed by atoms with Crippen LogP contribution >= 0.6 is 11.6 Å². The molecule has 120 valence electrons. The SMILES string of the molecule is CCN(CC)C1=Nc2c(Cl)cccc2C(c2ccc(N)cc2)C1. The number of fused-ring (bicyclic) bond motifs is 1. The first-order valence-corrected chi connectivity index (χ1v) is 8.48. The summed E-state index contributed by atoms with van der Waals surface area (Å²) in [6.07, 6.45) is 0.888. The van der Waals surface area contributed by atoms with E-state index in [1.165, 1.54) is 11.1 Å². The van der Waals surface area contributed by atoms with Crippen LogP contribution in [0.15, 0.2) is 47.5 Å². The van der Waals surface area contributed by atoms with Crippen molar-refractivity contribution in [2.75, 3.05) is 18.8 Å². The Bertz CT molecular complexity index is 718. The van der Waals surface area contributed by atoms with Crippen molar-refractivity contribution in [1.29, 1.82) is 0 Å². The Kier molecular flexibility index (Phi) is 4.58. The Morgan fingerprint density at radius 1 is 1.13 bits per heavy atom. The van der Waals surface area contributed by atoms with Gasteiger partial charge in [-0.25, -0.2) is 4.99 Å². The minimum atomic E-state index is 0.261. The quantitative estimate of drug-likeness (QED) is 0.820. The van der Waals surface area contributed by atoms with Crippen molar-refractivity contribution in [2.45, 2.75) is 26.2 Å². The molecule has 1 heterocycles. The van der Waals surface area contributed by atoms with E-state index in [0.717, 1.165) is 36.7 Å². The highest BCUT2D eigenvalue weighted by atomic mass is 35.5. The molecular formula is C19H22ClN3. The topological polar surface area (TPSA) is 41.6 Å². The minimum Gasteiger partial charge on any atom is -0.399 e. The molecule has 0 radical (unpaired) electrons. The van der Waals surface area contributed by atoms with Crippen LogP contribution in [-0.2, 0) is 0 Å². The number of amidine groups is 1. The van der Waals surface area contributed by atoms with Crippen LogP contribution in [-0.4, -0.2) is 23.8 Å². The van der Waals surface area contributed by atoms with Crippen molar-refractivity contribution in [3.8, 4) is 0 Å². The predicted molar refractivity (Wildman–Crippen MR) is 98.8 cm³/mol. The fourth-order valence-electron chi connectivity index (χ4n) is 3.21. The molecule has 0 saturated carbocycles. The highest BCUT2D eigenvalue weighted by molar-refractivity contribution is 6.33. The Morgan fingerprint density at radius 3 is 2.48 bits per heavy atom. The van der Waals surface area contributed by atoms with E-state index >= 15 is 0 Å². The molecule has 0 aliphatic carbocycles. The summed E-state index contributed by atoms with van der Waals surface area (Å²) in [5.41, 5.74) is 9.98.